The minimum Gasteiger partial charge on any atom is -0.352 e. The van der Waals surface area contributed by atoms with Gasteiger partial charge in [-0.05, 0) is 81.8 Å². The summed E-state index contributed by atoms with van der Waals surface area (Å²) in [7, 11) is -4.10. The molecule has 0 bridgehead atoms. The van der Waals surface area contributed by atoms with Crippen LogP contribution in [0.1, 0.15) is 50.3 Å². The zero-order valence-electron chi connectivity index (χ0n) is 24.8. The van der Waals surface area contributed by atoms with E-state index in [1.54, 1.807) is 36.4 Å². The van der Waals surface area contributed by atoms with Crippen molar-refractivity contribution in [3.05, 3.63) is 89.5 Å². The second-order valence-electron chi connectivity index (χ2n) is 10.3. The molecule has 2 amide bonds. The summed E-state index contributed by atoms with van der Waals surface area (Å²) < 4.78 is 29.2. The molecule has 0 aromatic heterocycles. The molecule has 0 aliphatic heterocycles. The lowest BCUT2D eigenvalue weighted by molar-refractivity contribution is -0.140. The van der Waals surface area contributed by atoms with E-state index in [1.807, 2.05) is 77.3 Å². The quantitative estimate of drug-likeness (QED) is 0.247. The average molecular weight is 596 g/mol. The van der Waals surface area contributed by atoms with Crippen LogP contribution >= 0.6 is 11.8 Å². The molecule has 3 rings (SSSR count). The lowest BCUT2D eigenvalue weighted by Crippen LogP contribution is -2.53. The fraction of sp³-hybridized carbons (Fsp3) is 0.375. The van der Waals surface area contributed by atoms with Crippen LogP contribution in [-0.2, 0) is 26.2 Å². The SMILES string of the molecule is CCC(C)NC(=O)C(CC)N(Cc1cccc(C)c1)C(=O)CN(c1ccc(C)cc1)S(=O)(=O)c1ccc(SC)cc1. The summed E-state index contributed by atoms with van der Waals surface area (Å²) in [5.41, 5.74) is 3.25. The van der Waals surface area contributed by atoms with Gasteiger partial charge in [0.2, 0.25) is 11.8 Å². The first-order chi connectivity index (χ1) is 19.5. The number of benzene rings is 3. The highest BCUT2D eigenvalue weighted by Gasteiger charge is 2.34. The number of amides is 2. The van der Waals surface area contributed by atoms with E-state index in [0.717, 1.165) is 32.3 Å². The van der Waals surface area contributed by atoms with Crippen molar-refractivity contribution in [3.8, 4) is 0 Å². The number of hydrogen-bond acceptors (Lipinski definition) is 5. The fourth-order valence-electron chi connectivity index (χ4n) is 4.48. The van der Waals surface area contributed by atoms with Crippen molar-refractivity contribution in [2.75, 3.05) is 17.1 Å². The van der Waals surface area contributed by atoms with Crippen molar-refractivity contribution in [1.29, 1.82) is 0 Å². The summed E-state index contributed by atoms with van der Waals surface area (Å²) in [5.74, 6) is -0.706. The largest absolute Gasteiger partial charge is 0.352 e. The Morgan fingerprint density at radius 3 is 2.12 bits per heavy atom. The third-order valence-electron chi connectivity index (χ3n) is 7.07. The molecule has 0 heterocycles. The van der Waals surface area contributed by atoms with Crippen LogP contribution in [0.2, 0.25) is 0 Å². The Balaban J connectivity index is 2.05. The van der Waals surface area contributed by atoms with Gasteiger partial charge in [-0.3, -0.25) is 13.9 Å². The first-order valence-corrected chi connectivity index (χ1v) is 16.5. The summed E-state index contributed by atoms with van der Waals surface area (Å²) in [4.78, 5) is 30.1. The van der Waals surface area contributed by atoms with Gasteiger partial charge in [-0.2, -0.15) is 0 Å². The van der Waals surface area contributed by atoms with E-state index in [0.29, 0.717) is 12.1 Å². The number of nitrogens with zero attached hydrogens (tertiary/aromatic N) is 2. The predicted molar refractivity (Wildman–Crippen MR) is 168 cm³/mol. The molecule has 0 spiro atoms. The number of sulfonamides is 1. The van der Waals surface area contributed by atoms with Crippen LogP contribution in [0.25, 0.3) is 0 Å². The predicted octanol–water partition coefficient (Wildman–Crippen LogP) is 5.94. The summed E-state index contributed by atoms with van der Waals surface area (Å²) in [6.07, 6.45) is 3.06. The highest BCUT2D eigenvalue weighted by molar-refractivity contribution is 7.98. The van der Waals surface area contributed by atoms with E-state index in [1.165, 1.54) is 16.7 Å². The molecule has 3 aromatic carbocycles. The Kier molecular flexibility index (Phi) is 11.4. The van der Waals surface area contributed by atoms with E-state index in [-0.39, 0.29) is 23.4 Å². The molecule has 2 atom stereocenters. The maximum absolute atomic E-state index is 14.2. The van der Waals surface area contributed by atoms with E-state index in [4.69, 9.17) is 0 Å². The Bertz CT molecular complexity index is 1420. The van der Waals surface area contributed by atoms with Crippen molar-refractivity contribution in [2.24, 2.45) is 0 Å². The second kappa shape index (κ2) is 14.5. The molecule has 0 aliphatic carbocycles. The van der Waals surface area contributed by atoms with Gasteiger partial charge in [-0.15, -0.1) is 11.8 Å². The lowest BCUT2D eigenvalue weighted by Gasteiger charge is -2.33. The summed E-state index contributed by atoms with van der Waals surface area (Å²) >= 11 is 1.52. The molecule has 0 fully saturated rings. The standard InChI is InChI=1S/C32H41N3O4S2/c1-7-25(5)33-32(37)30(8-2)34(21-26-11-9-10-24(4)20-26)31(36)22-35(27-14-12-23(3)13-15-27)41(38,39)29-18-16-28(40-6)17-19-29/h9-20,25,30H,7-8,21-22H2,1-6H3,(H,33,37). The average Bonchev–Trinajstić information content (AvgIpc) is 2.96. The van der Waals surface area contributed by atoms with E-state index >= 15 is 0 Å². The van der Waals surface area contributed by atoms with Crippen molar-refractivity contribution < 1.29 is 18.0 Å². The molecular formula is C32H41N3O4S2. The van der Waals surface area contributed by atoms with E-state index in [9.17, 15) is 18.0 Å². The monoisotopic (exact) mass is 595 g/mol. The Hall–Kier alpha value is -3.30. The Labute approximate surface area is 249 Å². The number of nitrogens with one attached hydrogen (secondary N) is 1. The third kappa shape index (κ3) is 8.36. The van der Waals surface area contributed by atoms with Crippen LogP contribution in [0.5, 0.6) is 0 Å². The third-order valence-corrected chi connectivity index (χ3v) is 9.60. The van der Waals surface area contributed by atoms with Gasteiger partial charge in [0.25, 0.3) is 10.0 Å². The van der Waals surface area contributed by atoms with Gasteiger partial charge in [0.1, 0.15) is 12.6 Å². The zero-order chi connectivity index (χ0) is 30.2. The van der Waals surface area contributed by atoms with Crippen molar-refractivity contribution in [2.45, 2.75) is 75.9 Å². The highest BCUT2D eigenvalue weighted by Crippen LogP contribution is 2.27. The summed E-state index contributed by atoms with van der Waals surface area (Å²) in [6.45, 7) is 9.38. The number of aryl methyl sites for hydroxylation is 2. The minimum absolute atomic E-state index is 0.0545. The van der Waals surface area contributed by atoms with Crippen LogP contribution in [0, 0.1) is 13.8 Å². The topological polar surface area (TPSA) is 86.8 Å². The van der Waals surface area contributed by atoms with Gasteiger partial charge in [-0.1, -0.05) is 61.4 Å². The van der Waals surface area contributed by atoms with E-state index in [2.05, 4.69) is 5.32 Å². The molecule has 2 unspecified atom stereocenters. The lowest BCUT2D eigenvalue weighted by atomic mass is 10.1. The molecule has 7 nitrogen and oxygen atoms in total. The van der Waals surface area contributed by atoms with Crippen molar-refractivity contribution in [1.82, 2.24) is 10.2 Å². The van der Waals surface area contributed by atoms with Gasteiger partial charge < -0.3 is 10.2 Å². The van der Waals surface area contributed by atoms with Gasteiger partial charge in [0, 0.05) is 17.5 Å². The van der Waals surface area contributed by atoms with Crippen LogP contribution in [0.15, 0.2) is 82.6 Å². The van der Waals surface area contributed by atoms with Gasteiger partial charge in [0.15, 0.2) is 0 Å². The van der Waals surface area contributed by atoms with Crippen LogP contribution in [0.3, 0.4) is 0 Å². The Morgan fingerprint density at radius 1 is 0.902 bits per heavy atom. The number of anilines is 1. The molecule has 41 heavy (non-hydrogen) atoms. The van der Waals surface area contributed by atoms with Gasteiger partial charge >= 0.3 is 0 Å². The Morgan fingerprint density at radius 2 is 1.56 bits per heavy atom. The normalized spacial score (nSPS) is 12.8. The molecule has 0 aliphatic rings. The van der Waals surface area contributed by atoms with Crippen LogP contribution < -0.4 is 9.62 Å². The fourth-order valence-corrected chi connectivity index (χ4v) is 6.30. The molecule has 9 heteroatoms. The first-order valence-electron chi connectivity index (χ1n) is 13.9. The second-order valence-corrected chi connectivity index (χ2v) is 13.0. The molecule has 0 saturated heterocycles. The summed E-state index contributed by atoms with van der Waals surface area (Å²) in [6, 6.07) is 20.6. The molecule has 0 saturated carbocycles. The number of thioether (sulfide) groups is 1. The number of hydrogen-bond donors (Lipinski definition) is 1. The van der Waals surface area contributed by atoms with Crippen molar-refractivity contribution >= 4 is 39.3 Å². The maximum atomic E-state index is 14.2. The van der Waals surface area contributed by atoms with Gasteiger partial charge in [0.05, 0.1) is 10.6 Å². The van der Waals surface area contributed by atoms with E-state index < -0.39 is 28.5 Å². The minimum atomic E-state index is -4.10. The number of carbonyl (C=O) groups excluding carboxylic acids is 2. The summed E-state index contributed by atoms with van der Waals surface area (Å²) in [5, 5.41) is 3.00. The molecule has 1 N–H and O–H groups in total. The highest BCUT2D eigenvalue weighted by atomic mass is 32.2. The molecular weight excluding hydrogens is 555 g/mol. The van der Waals surface area contributed by atoms with Crippen molar-refractivity contribution in [3.63, 3.8) is 0 Å². The zero-order valence-corrected chi connectivity index (χ0v) is 26.4. The number of carbonyl (C=O) groups is 2. The van der Waals surface area contributed by atoms with Crippen LogP contribution in [-0.4, -0.2) is 50.0 Å². The first kappa shape index (κ1) is 32.2. The smallest absolute Gasteiger partial charge is 0.264 e. The molecule has 0 radical (unpaired) electrons. The van der Waals surface area contributed by atoms with Gasteiger partial charge in [-0.25, -0.2) is 8.42 Å². The number of rotatable bonds is 13. The molecule has 3 aromatic rings. The maximum Gasteiger partial charge on any atom is 0.264 e. The van der Waals surface area contributed by atoms with Crippen LogP contribution in [0.4, 0.5) is 5.69 Å². The molecule has 220 valence electrons.